The number of fused-ring (bicyclic) bond motifs is 2. The van der Waals surface area contributed by atoms with E-state index in [1.54, 1.807) is 24.3 Å². The van der Waals surface area contributed by atoms with Crippen molar-refractivity contribution in [2.24, 2.45) is 0 Å². The molecule has 7 nitrogen and oxygen atoms in total. The second-order valence-electron chi connectivity index (χ2n) is 5.29. The van der Waals surface area contributed by atoms with Gasteiger partial charge in [0, 0.05) is 27.8 Å². The molecular weight excluding hydrogens is 333 g/mol. The summed E-state index contributed by atoms with van der Waals surface area (Å²) >= 11 is 0. The number of benzene rings is 2. The van der Waals surface area contributed by atoms with Crippen LogP contribution in [0.2, 0.25) is 0 Å². The van der Waals surface area contributed by atoms with Crippen LogP contribution in [0, 0.1) is 0 Å². The molecule has 3 rings (SSSR count). The first-order valence-corrected chi connectivity index (χ1v) is 8.73. The van der Waals surface area contributed by atoms with Crippen LogP contribution in [-0.2, 0) is 4.57 Å². The van der Waals surface area contributed by atoms with Crippen LogP contribution in [0.4, 0.5) is 0 Å². The van der Waals surface area contributed by atoms with E-state index < -0.39 is 19.8 Å². The van der Waals surface area contributed by atoms with E-state index in [1.165, 1.54) is 18.2 Å². The largest absolute Gasteiger partial charge is 0.344 e. The van der Waals surface area contributed by atoms with Crippen molar-refractivity contribution in [2.75, 3.05) is 6.29 Å². The average Bonchev–Trinajstić information content (AvgIpc) is 2.56. The summed E-state index contributed by atoms with van der Waals surface area (Å²) in [5.74, 6) is -1.41. The van der Waals surface area contributed by atoms with Crippen molar-refractivity contribution in [3.63, 3.8) is 0 Å². The van der Waals surface area contributed by atoms with Gasteiger partial charge in [0.25, 0.3) is 5.91 Å². The Labute approximate surface area is 136 Å². The van der Waals surface area contributed by atoms with Crippen LogP contribution in [0.25, 0.3) is 0 Å². The second-order valence-corrected chi connectivity index (χ2v) is 6.94. The molecule has 24 heavy (non-hydrogen) atoms. The lowest BCUT2D eigenvalue weighted by Crippen LogP contribution is -2.26. The van der Waals surface area contributed by atoms with Gasteiger partial charge in [0.2, 0.25) is 0 Å². The molecule has 2 aromatic rings. The van der Waals surface area contributed by atoms with Gasteiger partial charge in [-0.05, 0) is 18.2 Å². The Hall–Kier alpha value is -2.60. The van der Waals surface area contributed by atoms with Crippen molar-refractivity contribution in [1.29, 1.82) is 0 Å². The molecule has 1 amide bonds. The van der Waals surface area contributed by atoms with Crippen molar-refractivity contribution >= 4 is 25.1 Å². The fourth-order valence-corrected chi connectivity index (χ4v) is 2.87. The van der Waals surface area contributed by atoms with Gasteiger partial charge in [-0.15, -0.1) is 0 Å². The summed E-state index contributed by atoms with van der Waals surface area (Å²) in [4.78, 5) is 54.5. The molecular formula is C16H12NO6P. The fourth-order valence-electron chi connectivity index (χ4n) is 2.52. The minimum Gasteiger partial charge on any atom is -0.340 e. The molecule has 0 atom stereocenters. The highest BCUT2D eigenvalue weighted by Gasteiger charge is 2.30. The first-order valence-electron chi connectivity index (χ1n) is 6.93. The molecule has 0 unspecified atom stereocenters. The number of ketones is 2. The molecule has 8 heteroatoms. The molecule has 0 aliphatic heterocycles. The lowest BCUT2D eigenvalue weighted by molar-refractivity contribution is 0.0954. The van der Waals surface area contributed by atoms with Gasteiger partial charge in [0.1, 0.15) is 6.29 Å². The van der Waals surface area contributed by atoms with Gasteiger partial charge < -0.3 is 15.1 Å². The molecule has 122 valence electrons. The Balaban J connectivity index is 1.97. The van der Waals surface area contributed by atoms with E-state index in [0.29, 0.717) is 5.56 Å². The lowest BCUT2D eigenvalue weighted by atomic mass is 9.83. The summed E-state index contributed by atoms with van der Waals surface area (Å²) in [5, 5.41) is 2.09. The summed E-state index contributed by atoms with van der Waals surface area (Å²) < 4.78 is 10.8. The first kappa shape index (κ1) is 16.3. The number of hydrogen-bond acceptors (Lipinski definition) is 4. The highest BCUT2D eigenvalue weighted by Crippen LogP contribution is 2.32. The van der Waals surface area contributed by atoms with E-state index in [0.717, 1.165) is 0 Å². The van der Waals surface area contributed by atoms with Crippen molar-refractivity contribution in [3.05, 3.63) is 70.3 Å². The van der Waals surface area contributed by atoms with Gasteiger partial charge in [-0.3, -0.25) is 18.9 Å². The molecule has 1 aliphatic rings. The van der Waals surface area contributed by atoms with Crippen LogP contribution in [0.5, 0.6) is 0 Å². The molecule has 0 saturated heterocycles. The zero-order valence-electron chi connectivity index (χ0n) is 12.2. The van der Waals surface area contributed by atoms with Gasteiger partial charge in [0.15, 0.2) is 11.6 Å². The summed E-state index contributed by atoms with van der Waals surface area (Å²) in [5.41, 5.74) is 0.923. The van der Waals surface area contributed by atoms with Crippen LogP contribution in [-0.4, -0.2) is 33.5 Å². The van der Waals surface area contributed by atoms with Gasteiger partial charge in [0.05, 0.1) is 0 Å². The Kier molecular flexibility index (Phi) is 3.93. The minimum absolute atomic E-state index is 0.0442. The van der Waals surface area contributed by atoms with Crippen molar-refractivity contribution in [2.45, 2.75) is 0 Å². The minimum atomic E-state index is -4.38. The van der Waals surface area contributed by atoms with Gasteiger partial charge in [-0.25, -0.2) is 0 Å². The molecule has 0 saturated carbocycles. The van der Waals surface area contributed by atoms with Crippen molar-refractivity contribution in [1.82, 2.24) is 5.32 Å². The number of rotatable bonds is 3. The number of nitrogens with one attached hydrogen (secondary N) is 1. The van der Waals surface area contributed by atoms with Crippen molar-refractivity contribution in [3.8, 4) is 0 Å². The van der Waals surface area contributed by atoms with Gasteiger partial charge in [-0.1, -0.05) is 24.3 Å². The Bertz CT molecular complexity index is 930. The Morgan fingerprint density at radius 2 is 1.46 bits per heavy atom. The van der Waals surface area contributed by atoms with Gasteiger partial charge >= 0.3 is 7.60 Å². The van der Waals surface area contributed by atoms with E-state index in [1.807, 2.05) is 0 Å². The summed E-state index contributed by atoms with van der Waals surface area (Å²) in [7, 11) is -4.38. The third kappa shape index (κ3) is 2.92. The van der Waals surface area contributed by atoms with Crippen LogP contribution < -0.4 is 5.32 Å². The predicted molar refractivity (Wildman–Crippen MR) is 84.1 cm³/mol. The number of carbonyl (C=O) groups excluding carboxylic acids is 3. The quantitative estimate of drug-likeness (QED) is 0.616. The normalized spacial score (nSPS) is 13.2. The van der Waals surface area contributed by atoms with Gasteiger partial charge in [-0.2, -0.15) is 0 Å². The van der Waals surface area contributed by atoms with E-state index in [-0.39, 0.29) is 33.8 Å². The zero-order chi connectivity index (χ0) is 17.5. The highest BCUT2D eigenvalue weighted by molar-refractivity contribution is 7.51. The van der Waals surface area contributed by atoms with E-state index in [4.69, 9.17) is 9.79 Å². The standard InChI is InChI=1S/C16H12NO6P/c18-14-10-3-1-2-4-11(10)15(19)13-7-9(5-6-12(13)14)16(20)17-8-24(21,22)23/h1-7H,8H2,(H,17,20)(H2,21,22,23). The molecule has 0 aromatic heterocycles. The zero-order valence-corrected chi connectivity index (χ0v) is 13.1. The molecule has 1 aliphatic carbocycles. The molecule has 0 fully saturated rings. The summed E-state index contributed by atoms with van der Waals surface area (Å²) in [6.45, 7) is 0. The number of hydrogen-bond donors (Lipinski definition) is 3. The highest BCUT2D eigenvalue weighted by atomic mass is 31.2. The van der Waals surface area contributed by atoms with Crippen molar-refractivity contribution < 1.29 is 28.7 Å². The van der Waals surface area contributed by atoms with Crippen LogP contribution >= 0.6 is 7.60 Å². The first-order chi connectivity index (χ1) is 11.3. The van der Waals surface area contributed by atoms with E-state index >= 15 is 0 Å². The Morgan fingerprint density at radius 1 is 0.917 bits per heavy atom. The molecule has 0 bridgehead atoms. The smallest absolute Gasteiger partial charge is 0.340 e. The van der Waals surface area contributed by atoms with Crippen LogP contribution in [0.15, 0.2) is 42.5 Å². The average molecular weight is 345 g/mol. The Morgan fingerprint density at radius 3 is 2.04 bits per heavy atom. The predicted octanol–water partition coefficient (Wildman–Crippen LogP) is 1.33. The van der Waals surface area contributed by atoms with E-state index in [9.17, 15) is 18.9 Å². The molecule has 0 spiro atoms. The molecule has 0 heterocycles. The third-order valence-corrected chi connectivity index (χ3v) is 4.20. The second kappa shape index (κ2) is 5.79. The monoisotopic (exact) mass is 345 g/mol. The fraction of sp³-hybridized carbons (Fsp3) is 0.0625. The third-order valence-electron chi connectivity index (χ3n) is 3.63. The SMILES string of the molecule is O=C(NCP(=O)(O)O)c1ccc2c(c1)C(=O)c1ccccc1C2=O. The topological polar surface area (TPSA) is 121 Å². The number of carbonyl (C=O) groups is 3. The van der Waals surface area contributed by atoms with Crippen LogP contribution in [0.1, 0.15) is 42.2 Å². The molecule has 2 aromatic carbocycles. The molecule has 0 radical (unpaired) electrons. The van der Waals surface area contributed by atoms with E-state index in [2.05, 4.69) is 5.32 Å². The summed E-state index contributed by atoms with van der Waals surface area (Å²) in [6.07, 6.45) is -0.807. The maximum atomic E-state index is 12.5. The maximum absolute atomic E-state index is 12.5. The molecule has 3 N–H and O–H groups in total. The van der Waals surface area contributed by atoms with Crippen LogP contribution in [0.3, 0.4) is 0 Å². The maximum Gasteiger partial charge on any atom is 0.344 e. The summed E-state index contributed by atoms with van der Waals surface area (Å²) in [6, 6.07) is 10.4. The lowest BCUT2D eigenvalue weighted by Gasteiger charge is -2.18. The number of amides is 1.